The van der Waals surface area contributed by atoms with Crippen LogP contribution in [0.3, 0.4) is 0 Å². The van der Waals surface area contributed by atoms with Crippen molar-refractivity contribution in [2.24, 2.45) is 0 Å². The topological polar surface area (TPSA) is 51.0 Å². The fraction of sp³-hybridized carbons (Fsp3) is 0.250. The molecule has 0 unspecified atom stereocenters. The maximum atomic E-state index is 12.3. The molecule has 0 saturated carbocycles. The quantitative estimate of drug-likeness (QED) is 0.797. The Labute approximate surface area is 126 Å². The average molecular weight is 386 g/mol. The molecule has 1 aromatic heterocycles. The van der Waals surface area contributed by atoms with E-state index in [2.05, 4.69) is 48.0 Å². The number of carbonyl (C=O) groups excluding carboxylic acids is 1. The molecule has 0 bridgehead atoms. The molecule has 0 atom stereocenters. The van der Waals surface area contributed by atoms with Crippen LogP contribution in [0.4, 0.5) is 5.69 Å². The number of aromatic nitrogens is 3. The minimum Gasteiger partial charge on any atom is -0.310 e. The van der Waals surface area contributed by atoms with Gasteiger partial charge in [-0.25, -0.2) is 4.68 Å². The van der Waals surface area contributed by atoms with Crippen LogP contribution >= 0.6 is 31.9 Å². The lowest BCUT2D eigenvalue weighted by Gasteiger charge is -2.17. The van der Waals surface area contributed by atoms with Gasteiger partial charge in [0.1, 0.15) is 6.54 Å². The summed E-state index contributed by atoms with van der Waals surface area (Å²) < 4.78 is 2.54. The Hall–Kier alpha value is -1.21. The van der Waals surface area contributed by atoms with Gasteiger partial charge in [-0.1, -0.05) is 18.2 Å². The van der Waals surface area contributed by atoms with E-state index in [0.717, 1.165) is 18.7 Å². The van der Waals surface area contributed by atoms with Crippen molar-refractivity contribution in [3.8, 4) is 0 Å². The normalized spacial score (nSPS) is 13.7. The zero-order chi connectivity index (χ0) is 13.4. The summed E-state index contributed by atoms with van der Waals surface area (Å²) in [5, 5.41) is 4.11. The zero-order valence-electron chi connectivity index (χ0n) is 9.88. The van der Waals surface area contributed by atoms with Gasteiger partial charge >= 0.3 is 0 Å². The molecule has 1 aliphatic heterocycles. The molecular weight excluding hydrogens is 376 g/mol. The predicted octanol–water partition coefficient (Wildman–Crippen LogP) is 2.39. The van der Waals surface area contributed by atoms with Crippen LogP contribution in [0, 0.1) is 0 Å². The molecule has 2 aromatic rings. The van der Waals surface area contributed by atoms with Gasteiger partial charge in [0.2, 0.25) is 10.6 Å². The minimum absolute atomic E-state index is 0.0167. The number of carbonyl (C=O) groups is 1. The lowest BCUT2D eigenvalue weighted by Crippen LogP contribution is -2.32. The van der Waals surface area contributed by atoms with E-state index >= 15 is 0 Å². The molecule has 0 saturated heterocycles. The van der Waals surface area contributed by atoms with E-state index in [1.807, 2.05) is 18.2 Å². The van der Waals surface area contributed by atoms with Crippen LogP contribution in [0.5, 0.6) is 0 Å². The van der Waals surface area contributed by atoms with Crippen molar-refractivity contribution in [1.82, 2.24) is 14.8 Å². The first-order valence-corrected chi connectivity index (χ1v) is 7.38. The fourth-order valence-electron chi connectivity index (χ4n) is 2.21. The minimum atomic E-state index is 0.0167. The van der Waals surface area contributed by atoms with E-state index in [1.54, 1.807) is 4.90 Å². The summed E-state index contributed by atoms with van der Waals surface area (Å²) in [6.45, 7) is 0.902. The van der Waals surface area contributed by atoms with Crippen molar-refractivity contribution in [3.05, 3.63) is 39.3 Å². The Bertz CT molecular complexity index is 640. The van der Waals surface area contributed by atoms with Gasteiger partial charge in [-0.3, -0.25) is 4.79 Å². The largest absolute Gasteiger partial charge is 0.310 e. The maximum absolute atomic E-state index is 12.3. The highest BCUT2D eigenvalue weighted by molar-refractivity contribution is 9.11. The van der Waals surface area contributed by atoms with Crippen LogP contribution in [0.15, 0.2) is 33.7 Å². The third kappa shape index (κ3) is 2.44. The van der Waals surface area contributed by atoms with E-state index in [0.29, 0.717) is 9.47 Å². The first-order valence-electron chi connectivity index (χ1n) is 5.79. The number of fused-ring (bicyclic) bond motifs is 1. The summed E-state index contributed by atoms with van der Waals surface area (Å²) in [7, 11) is 0. The number of amides is 1. The van der Waals surface area contributed by atoms with Crippen molar-refractivity contribution in [2.45, 2.75) is 13.0 Å². The smallest absolute Gasteiger partial charge is 0.248 e. The molecule has 0 fully saturated rings. The predicted molar refractivity (Wildman–Crippen MR) is 77.9 cm³/mol. The third-order valence-electron chi connectivity index (χ3n) is 3.07. The first-order chi connectivity index (χ1) is 9.15. The highest BCUT2D eigenvalue weighted by Gasteiger charge is 2.24. The molecule has 0 aliphatic carbocycles. The summed E-state index contributed by atoms with van der Waals surface area (Å²) in [4.78, 5) is 18.2. The van der Waals surface area contributed by atoms with Crippen LogP contribution in [0.1, 0.15) is 5.56 Å². The Morgan fingerprint density at radius 1 is 1.32 bits per heavy atom. The highest BCUT2D eigenvalue weighted by Crippen LogP contribution is 2.27. The number of halogens is 2. The van der Waals surface area contributed by atoms with Crippen molar-refractivity contribution in [2.75, 3.05) is 11.4 Å². The van der Waals surface area contributed by atoms with Crippen molar-refractivity contribution < 1.29 is 4.79 Å². The maximum Gasteiger partial charge on any atom is 0.248 e. The fourth-order valence-corrected chi connectivity index (χ4v) is 3.18. The Morgan fingerprint density at radius 2 is 2.11 bits per heavy atom. The van der Waals surface area contributed by atoms with Gasteiger partial charge in [0.15, 0.2) is 4.73 Å². The Balaban J connectivity index is 1.81. The summed E-state index contributed by atoms with van der Waals surface area (Å²) >= 11 is 6.46. The van der Waals surface area contributed by atoms with Crippen LogP contribution in [-0.4, -0.2) is 27.2 Å². The molecule has 5 nitrogen and oxygen atoms in total. The summed E-state index contributed by atoms with van der Waals surface area (Å²) in [6.07, 6.45) is 0.907. The van der Waals surface area contributed by atoms with E-state index in [-0.39, 0.29) is 12.5 Å². The van der Waals surface area contributed by atoms with Gasteiger partial charge < -0.3 is 4.90 Å². The van der Waals surface area contributed by atoms with Gasteiger partial charge in [-0.05, 0) is 49.9 Å². The highest BCUT2D eigenvalue weighted by atomic mass is 79.9. The van der Waals surface area contributed by atoms with Crippen LogP contribution in [0.2, 0.25) is 0 Å². The van der Waals surface area contributed by atoms with E-state index in [1.165, 1.54) is 10.2 Å². The van der Waals surface area contributed by atoms with Gasteiger partial charge in [-0.15, -0.1) is 5.10 Å². The SMILES string of the molecule is O=C(Cn1nc(Br)nc1Br)N1CCc2ccccc21. The average Bonchev–Trinajstić information content (AvgIpc) is 2.93. The van der Waals surface area contributed by atoms with Gasteiger partial charge in [0, 0.05) is 12.2 Å². The number of nitrogens with zero attached hydrogens (tertiary/aromatic N) is 4. The van der Waals surface area contributed by atoms with Crippen LogP contribution < -0.4 is 4.90 Å². The van der Waals surface area contributed by atoms with Crippen LogP contribution in [-0.2, 0) is 17.8 Å². The van der Waals surface area contributed by atoms with Crippen molar-refractivity contribution in [3.63, 3.8) is 0 Å². The summed E-state index contributed by atoms with van der Waals surface area (Å²) in [5.41, 5.74) is 2.22. The van der Waals surface area contributed by atoms with Gasteiger partial charge in [-0.2, -0.15) is 4.98 Å². The number of para-hydroxylation sites is 1. The molecule has 1 aliphatic rings. The lowest BCUT2D eigenvalue weighted by atomic mass is 10.2. The molecule has 0 N–H and O–H groups in total. The second-order valence-electron chi connectivity index (χ2n) is 4.23. The van der Waals surface area contributed by atoms with Crippen molar-refractivity contribution >= 4 is 43.5 Å². The number of anilines is 1. The number of rotatable bonds is 2. The molecule has 1 amide bonds. The Kier molecular flexibility index (Phi) is 3.40. The third-order valence-corrected chi connectivity index (χ3v) is 4.00. The molecule has 19 heavy (non-hydrogen) atoms. The number of benzene rings is 1. The molecule has 0 radical (unpaired) electrons. The van der Waals surface area contributed by atoms with Gasteiger partial charge in [0.05, 0.1) is 0 Å². The Morgan fingerprint density at radius 3 is 2.84 bits per heavy atom. The molecule has 0 spiro atoms. The van der Waals surface area contributed by atoms with Crippen molar-refractivity contribution in [1.29, 1.82) is 0 Å². The number of hydrogen-bond acceptors (Lipinski definition) is 3. The number of hydrogen-bond donors (Lipinski definition) is 0. The molecule has 7 heteroatoms. The first kappa shape index (κ1) is 12.8. The van der Waals surface area contributed by atoms with Gasteiger partial charge in [0.25, 0.3) is 0 Å². The zero-order valence-corrected chi connectivity index (χ0v) is 13.1. The molecule has 1 aromatic carbocycles. The molecule has 2 heterocycles. The lowest BCUT2D eigenvalue weighted by molar-refractivity contribution is -0.119. The molecule has 98 valence electrons. The van der Waals surface area contributed by atoms with Crippen LogP contribution in [0.25, 0.3) is 0 Å². The summed E-state index contributed by atoms with van der Waals surface area (Å²) in [5.74, 6) is 0.0167. The van der Waals surface area contributed by atoms with E-state index in [4.69, 9.17) is 0 Å². The van der Waals surface area contributed by atoms with E-state index < -0.39 is 0 Å². The molecule has 3 rings (SSSR count). The van der Waals surface area contributed by atoms with E-state index in [9.17, 15) is 4.79 Å². The monoisotopic (exact) mass is 384 g/mol. The second kappa shape index (κ2) is 5.05. The standard InChI is InChI=1S/C12H10Br2N4O/c13-11-15-12(14)18(16-11)7-10(19)17-6-5-8-3-1-2-4-9(8)17/h1-4H,5-7H2. The molecular formula is C12H10Br2N4O. The second-order valence-corrected chi connectivity index (χ2v) is 5.65. The summed E-state index contributed by atoms with van der Waals surface area (Å²) in [6, 6.07) is 7.99.